The van der Waals surface area contributed by atoms with Crippen LogP contribution in [0, 0.1) is 0 Å². The smallest absolute Gasteiger partial charge is 0.0709 e. The van der Waals surface area contributed by atoms with Crippen LogP contribution < -0.4 is 0 Å². The van der Waals surface area contributed by atoms with Crippen LogP contribution in [0.5, 0.6) is 0 Å². The zero-order valence-electron chi connectivity index (χ0n) is 23.0. The molecule has 0 aliphatic rings. The highest BCUT2D eigenvalue weighted by molar-refractivity contribution is 6.21. The summed E-state index contributed by atoms with van der Waals surface area (Å²) in [4.78, 5) is 5.17. The van der Waals surface area contributed by atoms with E-state index in [9.17, 15) is 0 Å². The second-order valence-electron chi connectivity index (χ2n) is 10.8. The van der Waals surface area contributed by atoms with Gasteiger partial charge in [0.2, 0.25) is 0 Å². The zero-order chi connectivity index (χ0) is 27.9. The van der Waals surface area contributed by atoms with E-state index in [1.807, 2.05) is 0 Å². The molecule has 7 aromatic carbocycles. The maximum atomic E-state index is 5.17. The van der Waals surface area contributed by atoms with Crippen LogP contribution in [-0.2, 0) is 0 Å². The molecule has 42 heavy (non-hydrogen) atoms. The van der Waals surface area contributed by atoms with Crippen molar-refractivity contribution in [1.82, 2.24) is 4.98 Å². The fraction of sp³-hybridized carbons (Fsp3) is 0. The number of rotatable bonds is 4. The molecule has 8 rings (SSSR count). The number of benzene rings is 7. The number of pyridine rings is 1. The van der Waals surface area contributed by atoms with Gasteiger partial charge in [0, 0.05) is 11.1 Å². The molecule has 0 atom stereocenters. The van der Waals surface area contributed by atoms with Gasteiger partial charge in [-0.05, 0) is 78.8 Å². The van der Waals surface area contributed by atoms with Crippen molar-refractivity contribution in [3.63, 3.8) is 0 Å². The standard InChI is InChI=1S/C41H27N/c1-3-13-29(14-4-1)40-34-18-9-10-19-35(34)41(30-15-5-2-6-16-30)37-27-33(24-25-36(37)40)39-21-11-20-38(42-39)32-23-22-28-12-7-8-17-31(28)26-32/h1-27H. The Hall–Kier alpha value is -5.53. The minimum atomic E-state index is 0.969. The van der Waals surface area contributed by atoms with E-state index in [1.165, 1.54) is 54.6 Å². The molecule has 0 saturated heterocycles. The first-order valence-electron chi connectivity index (χ1n) is 14.4. The summed E-state index contributed by atoms with van der Waals surface area (Å²) in [6, 6.07) is 58.6. The summed E-state index contributed by atoms with van der Waals surface area (Å²) in [6.45, 7) is 0. The van der Waals surface area contributed by atoms with E-state index >= 15 is 0 Å². The van der Waals surface area contributed by atoms with Crippen molar-refractivity contribution in [2.45, 2.75) is 0 Å². The third-order valence-electron chi connectivity index (χ3n) is 8.24. The maximum absolute atomic E-state index is 5.17. The quantitative estimate of drug-likeness (QED) is 0.205. The molecular formula is C41H27N. The molecule has 0 N–H and O–H groups in total. The van der Waals surface area contributed by atoms with Crippen molar-refractivity contribution in [1.29, 1.82) is 0 Å². The van der Waals surface area contributed by atoms with E-state index in [2.05, 4.69) is 164 Å². The fourth-order valence-corrected chi connectivity index (χ4v) is 6.27. The van der Waals surface area contributed by atoms with Gasteiger partial charge in [-0.1, -0.05) is 140 Å². The van der Waals surface area contributed by atoms with Crippen LogP contribution in [0.15, 0.2) is 164 Å². The Morgan fingerprint density at radius 3 is 1.45 bits per heavy atom. The Morgan fingerprint density at radius 2 is 0.786 bits per heavy atom. The van der Waals surface area contributed by atoms with E-state index in [0.29, 0.717) is 0 Å². The second kappa shape index (κ2) is 10.1. The number of aromatic nitrogens is 1. The van der Waals surface area contributed by atoms with Gasteiger partial charge in [0.1, 0.15) is 0 Å². The molecule has 0 unspecified atom stereocenters. The van der Waals surface area contributed by atoms with Crippen LogP contribution in [0.2, 0.25) is 0 Å². The lowest BCUT2D eigenvalue weighted by Crippen LogP contribution is -1.92. The molecule has 0 amide bonds. The van der Waals surface area contributed by atoms with E-state index in [0.717, 1.165) is 22.5 Å². The SMILES string of the molecule is c1ccc(-c2c3ccccc3c(-c3ccccc3)c3cc(-c4cccc(-c5ccc6ccccc6c5)n4)ccc23)cc1. The first-order valence-corrected chi connectivity index (χ1v) is 14.4. The zero-order valence-corrected chi connectivity index (χ0v) is 23.0. The molecule has 1 aromatic heterocycles. The summed E-state index contributed by atoms with van der Waals surface area (Å²) < 4.78 is 0. The number of hydrogen-bond donors (Lipinski definition) is 0. The molecule has 1 heteroatoms. The molecule has 0 aliphatic carbocycles. The van der Waals surface area contributed by atoms with Gasteiger partial charge in [-0.2, -0.15) is 0 Å². The summed E-state index contributed by atoms with van der Waals surface area (Å²) in [6.07, 6.45) is 0. The molecular weight excluding hydrogens is 506 g/mol. The van der Waals surface area contributed by atoms with Gasteiger partial charge in [-0.3, -0.25) is 0 Å². The third-order valence-corrected chi connectivity index (χ3v) is 8.24. The van der Waals surface area contributed by atoms with Crippen LogP contribution in [0.4, 0.5) is 0 Å². The van der Waals surface area contributed by atoms with Crippen molar-refractivity contribution in [2.75, 3.05) is 0 Å². The Bertz CT molecular complexity index is 2230. The first-order chi connectivity index (χ1) is 20.8. The summed E-state index contributed by atoms with van der Waals surface area (Å²) >= 11 is 0. The molecule has 0 radical (unpaired) electrons. The molecule has 0 bridgehead atoms. The Balaban J connectivity index is 1.38. The van der Waals surface area contributed by atoms with Crippen LogP contribution >= 0.6 is 0 Å². The molecule has 0 fully saturated rings. The van der Waals surface area contributed by atoms with Gasteiger partial charge >= 0.3 is 0 Å². The third kappa shape index (κ3) is 4.15. The lowest BCUT2D eigenvalue weighted by atomic mass is 9.85. The fourth-order valence-electron chi connectivity index (χ4n) is 6.27. The van der Waals surface area contributed by atoms with Crippen molar-refractivity contribution in [2.24, 2.45) is 0 Å². The molecule has 8 aromatic rings. The molecule has 0 aliphatic heterocycles. The van der Waals surface area contributed by atoms with Crippen molar-refractivity contribution in [3.8, 4) is 44.8 Å². The highest BCUT2D eigenvalue weighted by atomic mass is 14.7. The summed E-state index contributed by atoms with van der Waals surface area (Å²) in [5, 5.41) is 7.45. The molecule has 196 valence electrons. The highest BCUT2D eigenvalue weighted by Crippen LogP contribution is 2.44. The largest absolute Gasteiger partial charge is 0.248 e. The van der Waals surface area contributed by atoms with E-state index < -0.39 is 0 Å². The first kappa shape index (κ1) is 24.3. The Morgan fingerprint density at radius 1 is 0.286 bits per heavy atom. The topological polar surface area (TPSA) is 12.9 Å². The Labute approximate surface area is 245 Å². The van der Waals surface area contributed by atoms with Gasteiger partial charge in [-0.25, -0.2) is 4.98 Å². The maximum Gasteiger partial charge on any atom is 0.0709 e. The minimum absolute atomic E-state index is 0.969. The Kier molecular flexibility index (Phi) is 5.86. The van der Waals surface area contributed by atoms with E-state index in [-0.39, 0.29) is 0 Å². The predicted octanol–water partition coefficient (Wildman–Crippen LogP) is 11.2. The van der Waals surface area contributed by atoms with Gasteiger partial charge in [0.25, 0.3) is 0 Å². The van der Waals surface area contributed by atoms with Crippen molar-refractivity contribution in [3.05, 3.63) is 164 Å². The monoisotopic (exact) mass is 533 g/mol. The molecule has 0 spiro atoms. The summed E-state index contributed by atoms with van der Waals surface area (Å²) in [5.41, 5.74) is 9.14. The molecule has 1 nitrogen and oxygen atoms in total. The average Bonchev–Trinajstić information content (AvgIpc) is 3.07. The number of hydrogen-bond acceptors (Lipinski definition) is 1. The van der Waals surface area contributed by atoms with Gasteiger partial charge < -0.3 is 0 Å². The predicted molar refractivity (Wildman–Crippen MR) is 178 cm³/mol. The molecule has 1 heterocycles. The van der Waals surface area contributed by atoms with E-state index in [1.54, 1.807) is 0 Å². The van der Waals surface area contributed by atoms with Crippen LogP contribution in [0.25, 0.3) is 77.1 Å². The van der Waals surface area contributed by atoms with Crippen LogP contribution in [0.3, 0.4) is 0 Å². The van der Waals surface area contributed by atoms with Gasteiger partial charge in [0.15, 0.2) is 0 Å². The van der Waals surface area contributed by atoms with Gasteiger partial charge in [0.05, 0.1) is 11.4 Å². The highest BCUT2D eigenvalue weighted by Gasteiger charge is 2.17. The van der Waals surface area contributed by atoms with Crippen molar-refractivity contribution < 1.29 is 0 Å². The second-order valence-corrected chi connectivity index (χ2v) is 10.8. The van der Waals surface area contributed by atoms with Crippen LogP contribution in [0.1, 0.15) is 0 Å². The van der Waals surface area contributed by atoms with Crippen LogP contribution in [-0.4, -0.2) is 4.98 Å². The lowest BCUT2D eigenvalue weighted by molar-refractivity contribution is 1.33. The average molecular weight is 534 g/mol. The van der Waals surface area contributed by atoms with E-state index in [4.69, 9.17) is 4.98 Å². The summed E-state index contributed by atoms with van der Waals surface area (Å²) in [5.74, 6) is 0. The normalized spacial score (nSPS) is 11.3. The number of nitrogens with zero attached hydrogens (tertiary/aromatic N) is 1. The van der Waals surface area contributed by atoms with Gasteiger partial charge in [-0.15, -0.1) is 0 Å². The summed E-state index contributed by atoms with van der Waals surface area (Å²) in [7, 11) is 0. The number of fused-ring (bicyclic) bond motifs is 3. The minimum Gasteiger partial charge on any atom is -0.248 e. The lowest BCUT2D eigenvalue weighted by Gasteiger charge is -2.18. The molecule has 0 saturated carbocycles. The van der Waals surface area contributed by atoms with Crippen molar-refractivity contribution >= 4 is 32.3 Å².